The fourth-order valence-electron chi connectivity index (χ4n) is 2.78. The van der Waals surface area contributed by atoms with Gasteiger partial charge in [0.2, 0.25) is 0 Å². The number of hydrogen-bond donors (Lipinski definition) is 1. The van der Waals surface area contributed by atoms with Crippen LogP contribution in [0.2, 0.25) is 0 Å². The van der Waals surface area contributed by atoms with Gasteiger partial charge in [0.15, 0.2) is 0 Å². The number of aromatic nitrogens is 2. The Bertz CT molecular complexity index is 890. The van der Waals surface area contributed by atoms with Crippen LogP contribution < -0.4 is 15.0 Å². The van der Waals surface area contributed by atoms with Crippen LogP contribution in [0.1, 0.15) is 23.1 Å². The van der Waals surface area contributed by atoms with Gasteiger partial charge in [-0.25, -0.2) is 4.98 Å². The minimum atomic E-state index is -0.0936. The number of amides is 1. The smallest absolute Gasteiger partial charge is 0.251 e. The van der Waals surface area contributed by atoms with Crippen LogP contribution in [-0.4, -0.2) is 35.1 Å². The molecule has 1 N–H and O–H groups in total. The lowest BCUT2D eigenvalue weighted by molar-refractivity contribution is 0.0951. The van der Waals surface area contributed by atoms with E-state index in [1.807, 2.05) is 43.1 Å². The van der Waals surface area contributed by atoms with Crippen LogP contribution in [0.25, 0.3) is 0 Å². The molecule has 3 rings (SSSR count). The second-order valence-corrected chi connectivity index (χ2v) is 6.77. The Morgan fingerprint density at radius 1 is 1.18 bits per heavy atom. The molecule has 28 heavy (non-hydrogen) atoms. The van der Waals surface area contributed by atoms with Gasteiger partial charge in [0.1, 0.15) is 18.2 Å². The molecule has 0 aliphatic carbocycles. The first-order valence-corrected chi connectivity index (χ1v) is 9.29. The average Bonchev–Trinajstić information content (AvgIpc) is 3.15. The van der Waals surface area contributed by atoms with E-state index in [1.165, 1.54) is 0 Å². The summed E-state index contributed by atoms with van der Waals surface area (Å²) in [5.74, 6) is 1.46. The topological polar surface area (TPSA) is 59.4 Å². The van der Waals surface area contributed by atoms with Crippen LogP contribution in [0, 0.1) is 0 Å². The van der Waals surface area contributed by atoms with Gasteiger partial charge in [-0.2, -0.15) is 0 Å². The summed E-state index contributed by atoms with van der Waals surface area (Å²) in [6, 6.07) is 17.4. The largest absolute Gasteiger partial charge is 0.486 e. The number of aryl methyl sites for hydroxylation is 1. The van der Waals surface area contributed by atoms with Crippen LogP contribution in [0.15, 0.2) is 67.0 Å². The third-order valence-corrected chi connectivity index (χ3v) is 4.79. The van der Waals surface area contributed by atoms with Gasteiger partial charge in [-0.15, -0.1) is 0 Å². The van der Waals surface area contributed by atoms with E-state index in [1.54, 1.807) is 30.5 Å². The number of carbonyl (C=O) groups excluding carboxylic acids is 1. The molecule has 0 saturated heterocycles. The number of nitrogens with zero attached hydrogens (tertiary/aromatic N) is 3. The molecular formula is C22H26N4O2. The van der Waals surface area contributed by atoms with Crippen molar-refractivity contribution >= 4 is 11.6 Å². The number of para-hydroxylation sites is 1. The Kier molecular flexibility index (Phi) is 6.32. The van der Waals surface area contributed by atoms with Crippen molar-refractivity contribution in [2.75, 3.05) is 18.5 Å². The first-order valence-electron chi connectivity index (χ1n) is 9.29. The lowest BCUT2D eigenvalue weighted by atomic mass is 10.2. The maximum atomic E-state index is 12.4. The maximum absolute atomic E-state index is 12.4. The van der Waals surface area contributed by atoms with E-state index >= 15 is 0 Å². The van der Waals surface area contributed by atoms with Crippen LogP contribution >= 0.6 is 0 Å². The van der Waals surface area contributed by atoms with Crippen LogP contribution in [0.4, 0.5) is 5.69 Å². The minimum Gasteiger partial charge on any atom is -0.486 e. The zero-order valence-electron chi connectivity index (χ0n) is 16.5. The van der Waals surface area contributed by atoms with Gasteiger partial charge in [0, 0.05) is 50.3 Å². The van der Waals surface area contributed by atoms with Crippen molar-refractivity contribution in [1.29, 1.82) is 0 Å². The summed E-state index contributed by atoms with van der Waals surface area (Å²) in [7, 11) is 3.95. The second kappa shape index (κ2) is 9.08. The Morgan fingerprint density at radius 3 is 2.54 bits per heavy atom. The molecule has 0 unspecified atom stereocenters. The van der Waals surface area contributed by atoms with Gasteiger partial charge in [-0.05, 0) is 43.3 Å². The molecular weight excluding hydrogens is 352 g/mol. The molecule has 0 fully saturated rings. The molecule has 0 aliphatic heterocycles. The number of carbonyl (C=O) groups is 1. The summed E-state index contributed by atoms with van der Waals surface area (Å²) >= 11 is 0. The standard InChI is InChI=1S/C22H26N4O2/c1-17(26(3)19-7-5-4-6-8-19)15-24-22(27)18-9-11-20(12-10-18)28-16-21-23-13-14-25(21)2/h4-14,17H,15-16H2,1-3H3,(H,24,27)/t17-/m1/s1. The zero-order valence-corrected chi connectivity index (χ0v) is 16.5. The SMILES string of the molecule is C[C@H](CNC(=O)c1ccc(OCc2nccn2C)cc1)N(C)c1ccccc1. The Balaban J connectivity index is 1.49. The molecule has 2 aromatic carbocycles. The summed E-state index contributed by atoms with van der Waals surface area (Å²) in [6.07, 6.45) is 3.62. The number of imidazole rings is 1. The van der Waals surface area contributed by atoms with Crippen molar-refractivity contribution < 1.29 is 9.53 Å². The number of likely N-dealkylation sites (N-methyl/N-ethyl adjacent to an activating group) is 1. The van der Waals surface area contributed by atoms with Crippen LogP contribution in [0.5, 0.6) is 5.75 Å². The van der Waals surface area contributed by atoms with E-state index < -0.39 is 0 Å². The molecule has 1 heterocycles. The molecule has 6 heteroatoms. The highest BCUT2D eigenvalue weighted by molar-refractivity contribution is 5.94. The molecule has 0 aliphatic rings. The third-order valence-electron chi connectivity index (χ3n) is 4.79. The fraction of sp³-hybridized carbons (Fsp3) is 0.273. The molecule has 1 amide bonds. The van der Waals surface area contributed by atoms with E-state index in [0.717, 1.165) is 11.5 Å². The van der Waals surface area contributed by atoms with E-state index in [9.17, 15) is 4.79 Å². The van der Waals surface area contributed by atoms with Gasteiger partial charge >= 0.3 is 0 Å². The summed E-state index contributed by atoms with van der Waals surface area (Å²) in [6.45, 7) is 3.03. The Morgan fingerprint density at radius 2 is 1.89 bits per heavy atom. The molecule has 1 aromatic heterocycles. The molecule has 1 atom stereocenters. The highest BCUT2D eigenvalue weighted by Crippen LogP contribution is 2.15. The van der Waals surface area contributed by atoms with Crippen molar-refractivity contribution in [2.45, 2.75) is 19.6 Å². The highest BCUT2D eigenvalue weighted by atomic mass is 16.5. The maximum Gasteiger partial charge on any atom is 0.251 e. The molecule has 146 valence electrons. The lowest BCUT2D eigenvalue weighted by Crippen LogP contribution is -2.40. The van der Waals surface area contributed by atoms with Crippen molar-refractivity contribution in [3.05, 3.63) is 78.4 Å². The van der Waals surface area contributed by atoms with E-state index in [4.69, 9.17) is 4.74 Å². The monoisotopic (exact) mass is 378 g/mol. The van der Waals surface area contributed by atoms with Crippen LogP contribution in [-0.2, 0) is 13.7 Å². The first-order chi connectivity index (χ1) is 13.5. The molecule has 3 aromatic rings. The summed E-state index contributed by atoms with van der Waals surface area (Å²) in [5.41, 5.74) is 1.73. The number of benzene rings is 2. The van der Waals surface area contributed by atoms with E-state index in [0.29, 0.717) is 24.5 Å². The van der Waals surface area contributed by atoms with Crippen LogP contribution in [0.3, 0.4) is 0 Å². The number of rotatable bonds is 8. The average molecular weight is 378 g/mol. The number of hydrogen-bond acceptors (Lipinski definition) is 4. The predicted molar refractivity (Wildman–Crippen MR) is 111 cm³/mol. The van der Waals surface area contributed by atoms with Gasteiger partial charge in [0.25, 0.3) is 5.91 Å². The quantitative estimate of drug-likeness (QED) is 0.654. The Labute approximate surface area is 165 Å². The molecule has 0 radical (unpaired) electrons. The van der Waals surface area contributed by atoms with Gasteiger partial charge in [-0.3, -0.25) is 4.79 Å². The summed E-state index contributed by atoms with van der Waals surface area (Å²) < 4.78 is 7.64. The normalized spacial score (nSPS) is 11.7. The zero-order chi connectivity index (χ0) is 19.9. The predicted octanol–water partition coefficient (Wildman–Crippen LogP) is 3.25. The first kappa shape index (κ1) is 19.5. The third kappa shape index (κ3) is 4.91. The van der Waals surface area contributed by atoms with Gasteiger partial charge in [0.05, 0.1) is 0 Å². The second-order valence-electron chi connectivity index (χ2n) is 6.77. The van der Waals surface area contributed by atoms with E-state index in [-0.39, 0.29) is 11.9 Å². The molecule has 0 spiro atoms. The Hall–Kier alpha value is -3.28. The van der Waals surface area contributed by atoms with Crippen molar-refractivity contribution in [2.24, 2.45) is 7.05 Å². The highest BCUT2D eigenvalue weighted by Gasteiger charge is 2.12. The summed E-state index contributed by atoms with van der Waals surface area (Å²) in [5, 5.41) is 3.00. The minimum absolute atomic E-state index is 0.0936. The van der Waals surface area contributed by atoms with Crippen molar-refractivity contribution in [1.82, 2.24) is 14.9 Å². The van der Waals surface area contributed by atoms with Gasteiger partial charge < -0.3 is 19.5 Å². The molecule has 6 nitrogen and oxygen atoms in total. The number of ether oxygens (including phenoxy) is 1. The van der Waals surface area contributed by atoms with Crippen molar-refractivity contribution in [3.8, 4) is 5.75 Å². The van der Waals surface area contributed by atoms with Gasteiger partial charge in [-0.1, -0.05) is 18.2 Å². The van der Waals surface area contributed by atoms with E-state index in [2.05, 4.69) is 34.3 Å². The van der Waals surface area contributed by atoms with Crippen molar-refractivity contribution in [3.63, 3.8) is 0 Å². The summed E-state index contributed by atoms with van der Waals surface area (Å²) in [4.78, 5) is 18.8. The lowest BCUT2D eigenvalue weighted by Gasteiger charge is -2.27. The number of anilines is 1. The fourth-order valence-corrected chi connectivity index (χ4v) is 2.78. The molecule has 0 bridgehead atoms. The molecule has 0 saturated carbocycles. The number of nitrogens with one attached hydrogen (secondary N) is 1.